The van der Waals surface area contributed by atoms with Crippen molar-refractivity contribution in [3.8, 4) is 33.8 Å². The van der Waals surface area contributed by atoms with Crippen molar-refractivity contribution in [1.29, 1.82) is 0 Å². The summed E-state index contributed by atoms with van der Waals surface area (Å²) in [6.45, 7) is 1.57. The van der Waals surface area contributed by atoms with Crippen LogP contribution in [0.4, 0.5) is 10.2 Å². The Morgan fingerprint density at radius 3 is 2.73 bits per heavy atom. The van der Waals surface area contributed by atoms with Gasteiger partial charge >= 0.3 is 0 Å². The molecule has 7 rings (SSSR count). The lowest BCUT2D eigenvalue weighted by Gasteiger charge is -2.15. The third-order valence-electron chi connectivity index (χ3n) is 6.66. The molecule has 0 spiro atoms. The summed E-state index contributed by atoms with van der Waals surface area (Å²) in [6.07, 6.45) is 6.62. The second-order valence-corrected chi connectivity index (χ2v) is 9.23. The number of hydrogen-bond acceptors (Lipinski definition) is 7. The number of rotatable bonds is 5. The average molecular weight is 533 g/mol. The van der Waals surface area contributed by atoms with E-state index in [1.165, 1.54) is 12.1 Å². The van der Waals surface area contributed by atoms with Gasteiger partial charge in [-0.15, -0.1) is 0 Å². The van der Waals surface area contributed by atoms with Crippen LogP contribution in [0.5, 0.6) is 0 Å². The summed E-state index contributed by atoms with van der Waals surface area (Å²) in [5, 5.41) is 12.4. The van der Waals surface area contributed by atoms with E-state index in [0.29, 0.717) is 53.9 Å². The number of fused-ring (bicyclic) bond motifs is 2. The zero-order valence-corrected chi connectivity index (χ0v) is 21.0. The van der Waals surface area contributed by atoms with Crippen LogP contribution in [0.15, 0.2) is 85.5 Å². The zero-order valence-electron chi connectivity index (χ0n) is 21.0. The summed E-state index contributed by atoms with van der Waals surface area (Å²) in [6, 6.07) is 17.0. The second-order valence-electron chi connectivity index (χ2n) is 9.23. The number of carbonyl (C=O) groups excluding carboxylic acids is 1. The maximum absolute atomic E-state index is 13.6. The standard InChI is InChI=1S/C29H21FN8O2/c30-21-5-3-18(4-6-21)28-27(24-17-40-13-12-37(24)36-28)22-7-8-26-33-25(16-38(26)35-22)34-29(39)19-9-11-32-23(14-19)20-2-1-10-31-15-20/h1-11,14-16H,12-13,17H2,(H,34,39). The number of anilines is 1. The highest BCUT2D eigenvalue weighted by Gasteiger charge is 2.24. The lowest BCUT2D eigenvalue weighted by atomic mass is 10.0. The third-order valence-corrected chi connectivity index (χ3v) is 6.66. The predicted octanol–water partition coefficient (Wildman–Crippen LogP) is 4.64. The molecule has 5 aromatic heterocycles. The molecule has 1 aliphatic rings. The number of hydrogen-bond donors (Lipinski definition) is 1. The predicted molar refractivity (Wildman–Crippen MR) is 145 cm³/mol. The first kappa shape index (κ1) is 23.8. The number of nitrogens with one attached hydrogen (secondary N) is 1. The van der Waals surface area contributed by atoms with E-state index in [-0.39, 0.29) is 11.7 Å². The van der Waals surface area contributed by atoms with Crippen LogP contribution < -0.4 is 5.32 Å². The molecule has 1 aliphatic heterocycles. The summed E-state index contributed by atoms with van der Waals surface area (Å²) in [7, 11) is 0. The minimum absolute atomic E-state index is 0.315. The number of amides is 1. The molecule has 0 saturated heterocycles. The summed E-state index contributed by atoms with van der Waals surface area (Å²) in [5.41, 5.74) is 6.30. The van der Waals surface area contributed by atoms with Crippen molar-refractivity contribution < 1.29 is 13.9 Å². The highest BCUT2D eigenvalue weighted by atomic mass is 19.1. The van der Waals surface area contributed by atoms with Crippen LogP contribution in [0.25, 0.3) is 39.4 Å². The fraction of sp³-hybridized carbons (Fsp3) is 0.103. The van der Waals surface area contributed by atoms with Crippen LogP contribution in [0.2, 0.25) is 0 Å². The smallest absolute Gasteiger partial charge is 0.256 e. The van der Waals surface area contributed by atoms with Gasteiger partial charge in [0, 0.05) is 35.3 Å². The number of halogens is 1. The van der Waals surface area contributed by atoms with Crippen LogP contribution >= 0.6 is 0 Å². The Morgan fingerprint density at radius 2 is 1.88 bits per heavy atom. The molecule has 6 heterocycles. The maximum Gasteiger partial charge on any atom is 0.256 e. The van der Waals surface area contributed by atoms with Crippen molar-refractivity contribution in [1.82, 2.24) is 34.3 Å². The average Bonchev–Trinajstić information content (AvgIpc) is 3.58. The number of pyridine rings is 2. The van der Waals surface area contributed by atoms with Gasteiger partial charge in [-0.2, -0.15) is 10.2 Å². The quantitative estimate of drug-likeness (QED) is 0.344. The molecule has 0 radical (unpaired) electrons. The molecular weight excluding hydrogens is 511 g/mol. The lowest BCUT2D eigenvalue weighted by Crippen LogP contribution is -2.17. The van der Waals surface area contributed by atoms with Crippen LogP contribution in [-0.4, -0.2) is 46.9 Å². The van der Waals surface area contributed by atoms with Gasteiger partial charge in [-0.1, -0.05) is 0 Å². The molecule has 10 nitrogen and oxygen atoms in total. The van der Waals surface area contributed by atoms with Gasteiger partial charge < -0.3 is 10.1 Å². The number of imidazole rings is 1. The van der Waals surface area contributed by atoms with Crippen molar-refractivity contribution in [2.75, 3.05) is 11.9 Å². The minimum atomic E-state index is -0.322. The normalized spacial score (nSPS) is 12.8. The van der Waals surface area contributed by atoms with Gasteiger partial charge in [-0.25, -0.2) is 13.9 Å². The monoisotopic (exact) mass is 532 g/mol. The van der Waals surface area contributed by atoms with E-state index in [9.17, 15) is 9.18 Å². The third kappa shape index (κ3) is 4.37. The van der Waals surface area contributed by atoms with Crippen molar-refractivity contribution in [2.24, 2.45) is 0 Å². The first-order valence-electron chi connectivity index (χ1n) is 12.6. The first-order chi connectivity index (χ1) is 19.6. The molecule has 1 N–H and O–H groups in total. The van der Waals surface area contributed by atoms with E-state index in [1.54, 1.807) is 53.6 Å². The molecule has 11 heteroatoms. The van der Waals surface area contributed by atoms with E-state index >= 15 is 0 Å². The van der Waals surface area contributed by atoms with Crippen molar-refractivity contribution >= 4 is 17.4 Å². The molecule has 1 aromatic carbocycles. The molecule has 0 saturated carbocycles. The highest BCUT2D eigenvalue weighted by molar-refractivity contribution is 6.04. The maximum atomic E-state index is 13.6. The van der Waals surface area contributed by atoms with Crippen LogP contribution in [0.1, 0.15) is 16.1 Å². The fourth-order valence-corrected chi connectivity index (χ4v) is 4.74. The van der Waals surface area contributed by atoms with E-state index in [1.807, 2.05) is 28.9 Å². The van der Waals surface area contributed by atoms with Gasteiger partial charge in [0.1, 0.15) is 11.5 Å². The Kier molecular flexibility index (Phi) is 5.82. The van der Waals surface area contributed by atoms with Crippen molar-refractivity contribution in [3.63, 3.8) is 0 Å². The van der Waals surface area contributed by atoms with Crippen LogP contribution in [0, 0.1) is 5.82 Å². The van der Waals surface area contributed by atoms with E-state index in [2.05, 4.69) is 20.3 Å². The Balaban J connectivity index is 1.21. The molecule has 6 aromatic rings. The SMILES string of the molecule is O=C(Nc1cn2nc(-c3c(-c4ccc(F)cc4)nn4c3COCC4)ccc2n1)c1ccnc(-c2cccnc2)c1. The van der Waals surface area contributed by atoms with Gasteiger partial charge in [0.25, 0.3) is 5.91 Å². The topological polar surface area (TPSA) is 112 Å². The Bertz CT molecular complexity index is 1870. The van der Waals surface area contributed by atoms with Crippen LogP contribution in [0.3, 0.4) is 0 Å². The summed E-state index contributed by atoms with van der Waals surface area (Å²) in [5.74, 6) is -0.281. The van der Waals surface area contributed by atoms with Gasteiger partial charge in [-0.05, 0) is 60.7 Å². The number of carbonyl (C=O) groups is 1. The molecule has 1 amide bonds. The second kappa shape index (κ2) is 9.79. The summed E-state index contributed by atoms with van der Waals surface area (Å²) in [4.78, 5) is 26.0. The zero-order chi connectivity index (χ0) is 27.1. The first-order valence-corrected chi connectivity index (χ1v) is 12.6. The number of benzene rings is 1. The number of ether oxygens (including phenoxy) is 1. The van der Waals surface area contributed by atoms with Gasteiger partial charge in [0.2, 0.25) is 0 Å². The fourth-order valence-electron chi connectivity index (χ4n) is 4.74. The Hall–Kier alpha value is -5.29. The largest absolute Gasteiger partial charge is 0.373 e. The molecule has 0 bridgehead atoms. The number of nitrogens with zero attached hydrogens (tertiary/aromatic N) is 7. The number of aromatic nitrogens is 7. The molecule has 196 valence electrons. The molecular formula is C29H21FN8O2. The highest BCUT2D eigenvalue weighted by Crippen LogP contribution is 2.35. The van der Waals surface area contributed by atoms with Gasteiger partial charge in [-0.3, -0.25) is 19.4 Å². The Morgan fingerprint density at radius 1 is 0.975 bits per heavy atom. The molecule has 40 heavy (non-hydrogen) atoms. The lowest BCUT2D eigenvalue weighted by molar-refractivity contribution is 0.0804. The van der Waals surface area contributed by atoms with E-state index < -0.39 is 0 Å². The minimum Gasteiger partial charge on any atom is -0.373 e. The Labute approximate surface area is 227 Å². The molecule has 0 atom stereocenters. The molecule has 0 fully saturated rings. The van der Waals surface area contributed by atoms with Crippen LogP contribution in [-0.2, 0) is 17.9 Å². The van der Waals surface area contributed by atoms with Gasteiger partial charge in [0.05, 0.1) is 48.6 Å². The summed E-state index contributed by atoms with van der Waals surface area (Å²) < 4.78 is 22.9. The molecule has 0 aliphatic carbocycles. The molecule has 0 unspecified atom stereocenters. The van der Waals surface area contributed by atoms with E-state index in [4.69, 9.17) is 14.9 Å². The van der Waals surface area contributed by atoms with Gasteiger partial charge in [0.15, 0.2) is 11.5 Å². The summed E-state index contributed by atoms with van der Waals surface area (Å²) >= 11 is 0. The van der Waals surface area contributed by atoms with Crippen molar-refractivity contribution in [3.05, 3.63) is 103 Å². The van der Waals surface area contributed by atoms with Crippen molar-refractivity contribution in [2.45, 2.75) is 13.2 Å². The van der Waals surface area contributed by atoms with E-state index in [0.717, 1.165) is 22.4 Å².